The SMILES string of the molecule is Cc1cc(CSc2ncccc2C(=O)Nc2ccc(Cl)c(C(F)(F)F)c2)no1. The summed E-state index contributed by atoms with van der Waals surface area (Å²) in [5.41, 5.74) is -0.119. The van der Waals surface area contributed by atoms with Crippen LogP contribution in [-0.4, -0.2) is 16.0 Å². The molecule has 146 valence electrons. The number of hydrogen-bond acceptors (Lipinski definition) is 5. The van der Waals surface area contributed by atoms with Crippen molar-refractivity contribution in [3.05, 3.63) is 70.2 Å². The van der Waals surface area contributed by atoms with Crippen molar-refractivity contribution in [2.24, 2.45) is 0 Å². The average Bonchev–Trinajstić information content (AvgIpc) is 3.06. The molecule has 0 saturated carbocycles. The van der Waals surface area contributed by atoms with E-state index in [0.29, 0.717) is 22.2 Å². The van der Waals surface area contributed by atoms with Crippen LogP contribution in [0.5, 0.6) is 0 Å². The van der Waals surface area contributed by atoms with Gasteiger partial charge in [-0.2, -0.15) is 13.2 Å². The summed E-state index contributed by atoms with van der Waals surface area (Å²) in [7, 11) is 0. The number of carbonyl (C=O) groups is 1. The highest BCUT2D eigenvalue weighted by molar-refractivity contribution is 7.98. The molecule has 0 atom stereocenters. The summed E-state index contributed by atoms with van der Waals surface area (Å²) < 4.78 is 44.0. The zero-order chi connectivity index (χ0) is 20.3. The minimum absolute atomic E-state index is 0.0198. The second kappa shape index (κ2) is 8.24. The molecule has 5 nitrogen and oxygen atoms in total. The van der Waals surface area contributed by atoms with Gasteiger partial charge in [-0.25, -0.2) is 4.98 Å². The van der Waals surface area contributed by atoms with Gasteiger partial charge < -0.3 is 9.84 Å². The van der Waals surface area contributed by atoms with Crippen molar-refractivity contribution in [3.63, 3.8) is 0 Å². The van der Waals surface area contributed by atoms with Gasteiger partial charge in [0.2, 0.25) is 0 Å². The summed E-state index contributed by atoms with van der Waals surface area (Å²) in [6.07, 6.45) is -3.10. The Morgan fingerprint density at radius 3 is 2.75 bits per heavy atom. The zero-order valence-corrected chi connectivity index (χ0v) is 16.0. The molecule has 3 aromatic rings. The maximum Gasteiger partial charge on any atom is 0.417 e. The Morgan fingerprint density at radius 1 is 1.29 bits per heavy atom. The van der Waals surface area contributed by atoms with Crippen LogP contribution in [0.25, 0.3) is 0 Å². The van der Waals surface area contributed by atoms with Crippen LogP contribution in [-0.2, 0) is 11.9 Å². The molecule has 2 heterocycles. The molecule has 0 saturated heterocycles. The standard InChI is InChI=1S/C18H13ClF3N3O2S/c1-10-7-12(25-27-10)9-28-17-13(3-2-6-23-17)16(26)24-11-4-5-15(19)14(8-11)18(20,21)22/h2-8H,9H2,1H3,(H,24,26). The average molecular weight is 428 g/mol. The van der Waals surface area contributed by atoms with Crippen molar-refractivity contribution in [1.29, 1.82) is 0 Å². The number of hydrogen-bond donors (Lipinski definition) is 1. The molecule has 0 radical (unpaired) electrons. The highest BCUT2D eigenvalue weighted by atomic mass is 35.5. The first-order valence-electron chi connectivity index (χ1n) is 7.92. The summed E-state index contributed by atoms with van der Waals surface area (Å²) in [5.74, 6) is 0.508. The molecule has 1 amide bonds. The molecule has 28 heavy (non-hydrogen) atoms. The molecule has 0 fully saturated rings. The van der Waals surface area contributed by atoms with Crippen LogP contribution >= 0.6 is 23.4 Å². The van der Waals surface area contributed by atoms with E-state index in [9.17, 15) is 18.0 Å². The molecule has 10 heteroatoms. The lowest BCUT2D eigenvalue weighted by Gasteiger charge is -2.12. The Hall–Kier alpha value is -2.52. The van der Waals surface area contributed by atoms with Gasteiger partial charge in [0.15, 0.2) is 0 Å². The van der Waals surface area contributed by atoms with Crippen molar-refractivity contribution in [2.75, 3.05) is 5.32 Å². The first-order valence-corrected chi connectivity index (χ1v) is 9.28. The molecule has 1 aromatic carbocycles. The monoisotopic (exact) mass is 427 g/mol. The summed E-state index contributed by atoms with van der Waals surface area (Å²) in [6, 6.07) is 8.06. The Morgan fingerprint density at radius 2 is 2.07 bits per heavy atom. The van der Waals surface area contributed by atoms with E-state index < -0.39 is 22.7 Å². The fourth-order valence-corrected chi connectivity index (χ4v) is 3.42. The number of aromatic nitrogens is 2. The van der Waals surface area contributed by atoms with Crippen LogP contribution < -0.4 is 5.32 Å². The number of halogens is 4. The molecule has 0 bridgehead atoms. The number of aryl methyl sites for hydroxylation is 1. The van der Waals surface area contributed by atoms with Gasteiger partial charge >= 0.3 is 6.18 Å². The van der Waals surface area contributed by atoms with Crippen LogP contribution in [0.2, 0.25) is 5.02 Å². The predicted octanol–water partition coefficient (Wildman–Crippen LogP) is 5.59. The van der Waals surface area contributed by atoms with Gasteiger partial charge in [-0.1, -0.05) is 28.5 Å². The second-order valence-corrected chi connectivity index (χ2v) is 7.09. The number of anilines is 1. The Balaban J connectivity index is 1.78. The molecule has 2 aromatic heterocycles. The van der Waals surface area contributed by atoms with Crippen LogP contribution in [0, 0.1) is 6.92 Å². The number of alkyl halides is 3. The number of nitrogens with one attached hydrogen (secondary N) is 1. The molecular formula is C18H13ClF3N3O2S. The molecule has 3 rings (SSSR count). The third kappa shape index (κ3) is 4.85. The maximum absolute atomic E-state index is 13.0. The number of amides is 1. The second-order valence-electron chi connectivity index (χ2n) is 5.72. The van der Waals surface area contributed by atoms with E-state index in [1.54, 1.807) is 25.1 Å². The number of benzene rings is 1. The molecule has 0 aliphatic rings. The van der Waals surface area contributed by atoms with Crippen molar-refractivity contribution in [3.8, 4) is 0 Å². The molecule has 0 unspecified atom stereocenters. The number of rotatable bonds is 5. The first kappa shape index (κ1) is 20.2. The van der Waals surface area contributed by atoms with Crippen molar-refractivity contribution < 1.29 is 22.5 Å². The lowest BCUT2D eigenvalue weighted by molar-refractivity contribution is -0.137. The molecular weight excluding hydrogens is 415 g/mol. The number of nitrogens with zero attached hydrogens (tertiary/aromatic N) is 2. The van der Waals surface area contributed by atoms with Gasteiger partial charge in [-0.05, 0) is 37.3 Å². The predicted molar refractivity (Wildman–Crippen MR) is 99.4 cm³/mol. The lowest BCUT2D eigenvalue weighted by Crippen LogP contribution is -2.15. The Bertz CT molecular complexity index is 1010. The van der Waals surface area contributed by atoms with E-state index in [1.165, 1.54) is 24.0 Å². The van der Waals surface area contributed by atoms with Crippen LogP contribution in [0.15, 0.2) is 52.1 Å². The summed E-state index contributed by atoms with van der Waals surface area (Å²) in [4.78, 5) is 16.8. The fraction of sp³-hybridized carbons (Fsp3) is 0.167. The summed E-state index contributed by atoms with van der Waals surface area (Å²) in [6.45, 7) is 1.77. The Labute approximate surface area is 167 Å². The van der Waals surface area contributed by atoms with Gasteiger partial charge in [0.25, 0.3) is 5.91 Å². The normalized spacial score (nSPS) is 11.5. The highest BCUT2D eigenvalue weighted by Gasteiger charge is 2.33. The first-order chi connectivity index (χ1) is 13.2. The quantitative estimate of drug-likeness (QED) is 0.537. The van der Waals surface area contributed by atoms with E-state index in [-0.39, 0.29) is 11.3 Å². The minimum atomic E-state index is -4.62. The third-order valence-electron chi connectivity index (χ3n) is 3.58. The number of pyridine rings is 1. The van der Waals surface area contributed by atoms with E-state index in [0.717, 1.165) is 12.1 Å². The molecule has 0 spiro atoms. The lowest BCUT2D eigenvalue weighted by atomic mass is 10.2. The van der Waals surface area contributed by atoms with E-state index in [4.69, 9.17) is 16.1 Å². The van der Waals surface area contributed by atoms with Gasteiger partial charge in [0.05, 0.1) is 21.8 Å². The highest BCUT2D eigenvalue weighted by Crippen LogP contribution is 2.36. The van der Waals surface area contributed by atoms with E-state index in [1.807, 2.05) is 0 Å². The molecule has 0 aliphatic heterocycles. The van der Waals surface area contributed by atoms with E-state index >= 15 is 0 Å². The molecule has 0 aliphatic carbocycles. The maximum atomic E-state index is 13.0. The third-order valence-corrected chi connectivity index (χ3v) is 4.95. The van der Waals surface area contributed by atoms with Gasteiger partial charge in [0, 0.05) is 23.7 Å². The van der Waals surface area contributed by atoms with Crippen LogP contribution in [0.1, 0.15) is 27.4 Å². The van der Waals surface area contributed by atoms with Gasteiger partial charge in [-0.3, -0.25) is 4.79 Å². The number of carbonyl (C=O) groups excluding carboxylic acids is 1. The topological polar surface area (TPSA) is 68.0 Å². The number of thioether (sulfide) groups is 1. The minimum Gasteiger partial charge on any atom is -0.361 e. The van der Waals surface area contributed by atoms with Crippen molar-refractivity contribution in [1.82, 2.24) is 10.1 Å². The van der Waals surface area contributed by atoms with E-state index in [2.05, 4.69) is 15.5 Å². The van der Waals surface area contributed by atoms with Gasteiger partial charge in [0.1, 0.15) is 10.8 Å². The van der Waals surface area contributed by atoms with Crippen molar-refractivity contribution in [2.45, 2.75) is 23.9 Å². The Kier molecular flexibility index (Phi) is 5.95. The molecule has 1 N–H and O–H groups in total. The zero-order valence-electron chi connectivity index (χ0n) is 14.4. The largest absolute Gasteiger partial charge is 0.417 e. The fourth-order valence-electron chi connectivity index (χ4n) is 2.33. The van der Waals surface area contributed by atoms with Crippen LogP contribution in [0.4, 0.5) is 18.9 Å². The van der Waals surface area contributed by atoms with Crippen LogP contribution in [0.3, 0.4) is 0 Å². The summed E-state index contributed by atoms with van der Waals surface area (Å²) in [5, 5.41) is 6.31. The smallest absolute Gasteiger partial charge is 0.361 e. The van der Waals surface area contributed by atoms with Gasteiger partial charge in [-0.15, -0.1) is 0 Å². The van der Waals surface area contributed by atoms with Crippen molar-refractivity contribution >= 4 is 35.0 Å². The summed E-state index contributed by atoms with van der Waals surface area (Å²) >= 11 is 6.87.